The zero-order valence-corrected chi connectivity index (χ0v) is 22.3. The van der Waals surface area contributed by atoms with E-state index in [1.54, 1.807) is 6.20 Å². The van der Waals surface area contributed by atoms with Crippen molar-refractivity contribution in [2.24, 2.45) is 5.73 Å². The molecule has 0 bridgehead atoms. The molecule has 198 valence electrons. The maximum absolute atomic E-state index is 13.1. The van der Waals surface area contributed by atoms with Gasteiger partial charge in [0.25, 0.3) is 5.91 Å². The van der Waals surface area contributed by atoms with E-state index in [4.69, 9.17) is 21.4 Å². The van der Waals surface area contributed by atoms with Crippen molar-refractivity contribution in [2.45, 2.75) is 32.7 Å². The molecule has 0 unspecified atom stereocenters. The summed E-state index contributed by atoms with van der Waals surface area (Å²) < 4.78 is 1.98. The first-order chi connectivity index (χ1) is 19.1. The van der Waals surface area contributed by atoms with E-state index in [1.807, 2.05) is 102 Å². The normalized spacial score (nSPS) is 13.7. The van der Waals surface area contributed by atoms with Crippen LogP contribution in [0.25, 0.3) is 39.5 Å². The van der Waals surface area contributed by atoms with E-state index in [9.17, 15) is 4.79 Å². The smallest absolute Gasteiger partial charge is 0.253 e. The molecule has 2 aromatic carbocycles. The van der Waals surface area contributed by atoms with Crippen LogP contribution in [-0.2, 0) is 0 Å². The topological polar surface area (TPSA) is 116 Å². The average molecular weight is 520 g/mol. The van der Waals surface area contributed by atoms with E-state index in [1.165, 1.54) is 0 Å². The molecule has 3 aromatic heterocycles. The van der Waals surface area contributed by atoms with Crippen LogP contribution in [0.5, 0.6) is 0 Å². The monoisotopic (exact) mass is 519 g/mol. The van der Waals surface area contributed by atoms with Gasteiger partial charge in [-0.3, -0.25) is 9.36 Å². The van der Waals surface area contributed by atoms with Crippen molar-refractivity contribution in [3.05, 3.63) is 90.6 Å². The van der Waals surface area contributed by atoms with Crippen molar-refractivity contribution in [2.75, 3.05) is 18.8 Å². The summed E-state index contributed by atoms with van der Waals surface area (Å²) in [5, 5.41) is 0. The molecule has 6 rings (SSSR count). The number of imidazole rings is 1. The molecule has 0 radical (unpaired) electrons. The predicted octanol–water partition coefficient (Wildman–Crippen LogP) is 5.32. The van der Waals surface area contributed by atoms with E-state index < -0.39 is 0 Å². The molecule has 1 aliphatic rings. The highest BCUT2D eigenvalue weighted by molar-refractivity contribution is 5.94. The second kappa shape index (κ2) is 11.4. The van der Waals surface area contributed by atoms with Crippen molar-refractivity contribution in [1.29, 1.82) is 0 Å². The van der Waals surface area contributed by atoms with Crippen LogP contribution in [0.4, 0.5) is 5.82 Å². The number of amides is 1. The lowest BCUT2D eigenvalue weighted by atomic mass is 10.0. The van der Waals surface area contributed by atoms with Crippen LogP contribution in [0.3, 0.4) is 0 Å². The number of likely N-dealkylation sites (tertiary alicyclic amines) is 1. The van der Waals surface area contributed by atoms with Gasteiger partial charge in [-0.05, 0) is 61.4 Å². The second-order valence-electron chi connectivity index (χ2n) is 9.29. The Kier molecular flexibility index (Phi) is 7.65. The molecule has 5 aromatic rings. The third-order valence-corrected chi connectivity index (χ3v) is 6.85. The molecule has 8 heteroatoms. The van der Waals surface area contributed by atoms with Gasteiger partial charge in [0.15, 0.2) is 11.5 Å². The van der Waals surface area contributed by atoms with Gasteiger partial charge >= 0.3 is 0 Å². The Morgan fingerprint density at radius 1 is 0.872 bits per heavy atom. The van der Waals surface area contributed by atoms with Gasteiger partial charge in [-0.25, -0.2) is 15.0 Å². The number of hydrogen-bond acceptors (Lipinski definition) is 6. The number of fused-ring (bicyclic) bond motifs is 1. The first-order valence-corrected chi connectivity index (χ1v) is 13.4. The Morgan fingerprint density at radius 3 is 2.28 bits per heavy atom. The first-order valence-electron chi connectivity index (χ1n) is 13.4. The molecule has 8 nitrogen and oxygen atoms in total. The number of benzene rings is 2. The fourth-order valence-electron chi connectivity index (χ4n) is 4.80. The van der Waals surface area contributed by atoms with Gasteiger partial charge in [-0.1, -0.05) is 44.2 Å². The Morgan fingerprint density at radius 2 is 1.59 bits per heavy atom. The van der Waals surface area contributed by atoms with E-state index in [-0.39, 0.29) is 11.9 Å². The van der Waals surface area contributed by atoms with Crippen LogP contribution in [-0.4, -0.2) is 49.5 Å². The molecule has 4 N–H and O–H groups in total. The Balaban J connectivity index is 0.00000151. The number of nitrogens with two attached hydrogens (primary N) is 2. The minimum atomic E-state index is 0.0233. The fraction of sp³-hybridized carbons (Fsp3) is 0.226. The summed E-state index contributed by atoms with van der Waals surface area (Å²) in [7, 11) is 0. The van der Waals surface area contributed by atoms with Gasteiger partial charge < -0.3 is 16.4 Å². The summed E-state index contributed by atoms with van der Waals surface area (Å²) in [4.78, 5) is 29.1. The van der Waals surface area contributed by atoms with Crippen LogP contribution in [0.15, 0.2) is 85.1 Å². The highest BCUT2D eigenvalue weighted by Crippen LogP contribution is 2.32. The standard InChI is InChI=1S/C29H27N7O.C2H6/c30-21-14-17-35(18-15-21)29(37)20-8-10-22(11-9-20)36-27(23-7-4-16-32-26(23)31)34-25-13-12-24(33-28(25)36)19-5-2-1-3-6-19;1-2/h1-13,16,21H,14-15,17-18,30H2,(H2,31,32);1-2H3. The summed E-state index contributed by atoms with van der Waals surface area (Å²) in [5.74, 6) is 1.05. The molecule has 1 fully saturated rings. The summed E-state index contributed by atoms with van der Waals surface area (Å²) in [6.07, 6.45) is 3.32. The fourth-order valence-corrected chi connectivity index (χ4v) is 4.80. The van der Waals surface area contributed by atoms with Crippen molar-refractivity contribution in [3.63, 3.8) is 0 Å². The summed E-state index contributed by atoms with van der Waals surface area (Å²) >= 11 is 0. The number of hydrogen-bond donors (Lipinski definition) is 2. The first kappa shape index (κ1) is 26.1. The molecular formula is C31H33N7O. The lowest BCUT2D eigenvalue weighted by Gasteiger charge is -2.30. The number of carbonyl (C=O) groups is 1. The van der Waals surface area contributed by atoms with Gasteiger partial charge in [-0.15, -0.1) is 0 Å². The number of carbonyl (C=O) groups excluding carboxylic acids is 1. The minimum Gasteiger partial charge on any atom is -0.383 e. The Hall–Kier alpha value is -4.56. The van der Waals surface area contributed by atoms with E-state index in [2.05, 4.69) is 4.98 Å². The molecular weight excluding hydrogens is 486 g/mol. The molecule has 0 aliphatic carbocycles. The average Bonchev–Trinajstić information content (AvgIpc) is 3.37. The van der Waals surface area contributed by atoms with Gasteiger partial charge in [0, 0.05) is 42.1 Å². The van der Waals surface area contributed by atoms with Gasteiger partial charge in [0.2, 0.25) is 0 Å². The Bertz CT molecular complexity index is 1570. The molecule has 4 heterocycles. The molecule has 0 atom stereocenters. The number of anilines is 1. The number of nitrogen functional groups attached to an aromatic ring is 1. The van der Waals surface area contributed by atoms with Crippen molar-refractivity contribution in [3.8, 4) is 28.3 Å². The van der Waals surface area contributed by atoms with Crippen LogP contribution >= 0.6 is 0 Å². The van der Waals surface area contributed by atoms with E-state index >= 15 is 0 Å². The highest BCUT2D eigenvalue weighted by atomic mass is 16.2. The van der Waals surface area contributed by atoms with E-state index in [0.717, 1.165) is 35.3 Å². The van der Waals surface area contributed by atoms with Crippen molar-refractivity contribution in [1.82, 2.24) is 24.4 Å². The third-order valence-electron chi connectivity index (χ3n) is 6.85. The molecule has 1 saturated heterocycles. The molecule has 1 aliphatic heterocycles. The lowest BCUT2D eigenvalue weighted by Crippen LogP contribution is -2.42. The quantitative estimate of drug-likeness (QED) is 0.332. The van der Waals surface area contributed by atoms with Crippen molar-refractivity contribution >= 4 is 22.9 Å². The molecule has 39 heavy (non-hydrogen) atoms. The van der Waals surface area contributed by atoms with Gasteiger partial charge in [0.1, 0.15) is 11.3 Å². The van der Waals surface area contributed by atoms with Gasteiger partial charge in [0.05, 0.1) is 11.3 Å². The largest absolute Gasteiger partial charge is 0.383 e. The number of nitrogens with zero attached hydrogens (tertiary/aromatic N) is 5. The number of pyridine rings is 2. The van der Waals surface area contributed by atoms with Crippen LogP contribution in [0, 0.1) is 0 Å². The Labute approximate surface area is 228 Å². The SMILES string of the molecule is CC.Nc1ncccc1-c1nc2ccc(-c3ccccc3)nc2n1-c1ccc(C(=O)N2CCC(N)CC2)cc1. The summed E-state index contributed by atoms with van der Waals surface area (Å²) in [5.41, 5.74) is 17.7. The van der Waals surface area contributed by atoms with Crippen LogP contribution < -0.4 is 11.5 Å². The molecule has 0 spiro atoms. The maximum atomic E-state index is 13.1. The minimum absolute atomic E-state index is 0.0233. The summed E-state index contributed by atoms with van der Waals surface area (Å²) in [6.45, 7) is 5.37. The van der Waals surface area contributed by atoms with Crippen LogP contribution in [0.1, 0.15) is 37.0 Å². The number of aromatic nitrogens is 4. The zero-order chi connectivity index (χ0) is 27.4. The number of piperidine rings is 1. The molecule has 0 saturated carbocycles. The highest BCUT2D eigenvalue weighted by Gasteiger charge is 2.23. The second-order valence-corrected chi connectivity index (χ2v) is 9.29. The van der Waals surface area contributed by atoms with Crippen LogP contribution in [0.2, 0.25) is 0 Å². The van der Waals surface area contributed by atoms with E-state index in [0.29, 0.717) is 41.5 Å². The van der Waals surface area contributed by atoms with Gasteiger partial charge in [-0.2, -0.15) is 0 Å². The zero-order valence-electron chi connectivity index (χ0n) is 22.3. The lowest BCUT2D eigenvalue weighted by molar-refractivity contribution is 0.0715. The summed E-state index contributed by atoms with van der Waals surface area (Å²) in [6, 6.07) is 25.4. The van der Waals surface area contributed by atoms with Crippen molar-refractivity contribution < 1.29 is 4.79 Å². The predicted molar refractivity (Wildman–Crippen MR) is 156 cm³/mol. The molecule has 1 amide bonds. The third kappa shape index (κ3) is 5.24. The number of rotatable bonds is 4. The maximum Gasteiger partial charge on any atom is 0.253 e.